The number of rotatable bonds is 8. The number of hydrogen-bond acceptors (Lipinski definition) is 3. The monoisotopic (exact) mass is 404 g/mol. The molecule has 0 aromatic heterocycles. The Morgan fingerprint density at radius 3 is 2.40 bits per heavy atom. The van der Waals surface area contributed by atoms with E-state index in [2.05, 4.69) is 5.32 Å². The Labute approximate surface area is 177 Å². The Bertz CT molecular complexity index is 1010. The standard InChI is InChI=1S/C25H28N2O3/c1-4-22(25(29)26-3)27(16-19-14-12-18(2)13-15-19)24(28)17-30-23-11-7-9-20-8-5-6-10-21(20)23/h5-15,22H,4,16-17H2,1-3H3,(H,26,29)/t22-/m1/s1. The molecule has 0 spiro atoms. The normalized spacial score (nSPS) is 11.7. The highest BCUT2D eigenvalue weighted by molar-refractivity contribution is 5.90. The van der Waals surface area contributed by atoms with Crippen molar-refractivity contribution in [3.63, 3.8) is 0 Å². The van der Waals surface area contributed by atoms with Crippen molar-refractivity contribution in [3.8, 4) is 5.75 Å². The first-order valence-corrected chi connectivity index (χ1v) is 10.2. The fourth-order valence-electron chi connectivity index (χ4n) is 3.52. The molecule has 0 saturated carbocycles. The van der Waals surface area contributed by atoms with Crippen LogP contribution in [0.2, 0.25) is 0 Å². The minimum atomic E-state index is -0.556. The van der Waals surface area contributed by atoms with E-state index in [1.165, 1.54) is 0 Å². The summed E-state index contributed by atoms with van der Waals surface area (Å²) in [5, 5.41) is 4.68. The zero-order chi connectivity index (χ0) is 21.5. The minimum absolute atomic E-state index is 0.132. The lowest BCUT2D eigenvalue weighted by Gasteiger charge is -2.30. The Kier molecular flexibility index (Phi) is 7.07. The molecule has 0 aliphatic heterocycles. The van der Waals surface area contributed by atoms with Crippen LogP contribution in [0.3, 0.4) is 0 Å². The average Bonchev–Trinajstić information content (AvgIpc) is 2.78. The Morgan fingerprint density at radius 2 is 1.70 bits per heavy atom. The molecule has 5 nitrogen and oxygen atoms in total. The van der Waals surface area contributed by atoms with Crippen molar-refractivity contribution in [1.29, 1.82) is 0 Å². The predicted molar refractivity (Wildman–Crippen MR) is 119 cm³/mol. The third kappa shape index (κ3) is 4.98. The van der Waals surface area contributed by atoms with E-state index in [1.54, 1.807) is 11.9 Å². The molecular formula is C25H28N2O3. The summed E-state index contributed by atoms with van der Waals surface area (Å²) in [6.07, 6.45) is 0.519. The van der Waals surface area contributed by atoms with Crippen LogP contribution in [0.1, 0.15) is 24.5 Å². The second kappa shape index (κ2) is 9.92. The van der Waals surface area contributed by atoms with Gasteiger partial charge in [0.15, 0.2) is 6.61 Å². The van der Waals surface area contributed by atoms with Crippen LogP contribution in [0.25, 0.3) is 10.8 Å². The molecule has 3 aromatic carbocycles. The maximum Gasteiger partial charge on any atom is 0.261 e. The number of likely N-dealkylation sites (N-methyl/N-ethyl adjacent to an activating group) is 1. The summed E-state index contributed by atoms with van der Waals surface area (Å²) < 4.78 is 5.90. The van der Waals surface area contributed by atoms with Gasteiger partial charge in [-0.1, -0.05) is 73.2 Å². The molecule has 0 unspecified atom stereocenters. The molecule has 3 aromatic rings. The quantitative estimate of drug-likeness (QED) is 0.615. The number of aryl methyl sites for hydroxylation is 1. The van der Waals surface area contributed by atoms with E-state index in [4.69, 9.17) is 4.74 Å². The van der Waals surface area contributed by atoms with Gasteiger partial charge in [0.25, 0.3) is 5.91 Å². The van der Waals surface area contributed by atoms with Gasteiger partial charge < -0.3 is 15.0 Å². The van der Waals surface area contributed by atoms with E-state index >= 15 is 0 Å². The van der Waals surface area contributed by atoms with Crippen LogP contribution in [0.15, 0.2) is 66.7 Å². The number of nitrogens with one attached hydrogen (secondary N) is 1. The number of amides is 2. The first-order valence-electron chi connectivity index (χ1n) is 10.2. The van der Waals surface area contributed by atoms with E-state index < -0.39 is 6.04 Å². The van der Waals surface area contributed by atoms with Crippen LogP contribution in [0, 0.1) is 6.92 Å². The van der Waals surface area contributed by atoms with E-state index in [0.717, 1.165) is 21.9 Å². The van der Waals surface area contributed by atoms with Gasteiger partial charge in [0.1, 0.15) is 11.8 Å². The van der Waals surface area contributed by atoms with Crippen molar-refractivity contribution in [2.75, 3.05) is 13.7 Å². The van der Waals surface area contributed by atoms with Crippen LogP contribution in [-0.4, -0.2) is 36.4 Å². The SMILES string of the molecule is CC[C@H](C(=O)NC)N(Cc1ccc(C)cc1)C(=O)COc1cccc2ccccc12. The van der Waals surface area contributed by atoms with Gasteiger partial charge in [0.05, 0.1) is 0 Å². The highest BCUT2D eigenvalue weighted by Gasteiger charge is 2.28. The number of carbonyl (C=O) groups is 2. The van der Waals surface area contributed by atoms with Gasteiger partial charge in [0, 0.05) is 19.0 Å². The highest BCUT2D eigenvalue weighted by Crippen LogP contribution is 2.25. The summed E-state index contributed by atoms with van der Waals surface area (Å²) in [6.45, 7) is 4.14. The lowest BCUT2D eigenvalue weighted by molar-refractivity contribution is -0.142. The third-order valence-electron chi connectivity index (χ3n) is 5.21. The van der Waals surface area contributed by atoms with Gasteiger partial charge in [-0.25, -0.2) is 0 Å². The van der Waals surface area contributed by atoms with E-state index in [1.807, 2.05) is 80.6 Å². The summed E-state index contributed by atoms with van der Waals surface area (Å²) in [5.41, 5.74) is 2.12. The Balaban J connectivity index is 1.81. The summed E-state index contributed by atoms with van der Waals surface area (Å²) in [7, 11) is 1.59. The van der Waals surface area contributed by atoms with Crippen LogP contribution < -0.4 is 10.1 Å². The minimum Gasteiger partial charge on any atom is -0.483 e. The van der Waals surface area contributed by atoms with Crippen LogP contribution in [0.5, 0.6) is 5.75 Å². The first-order chi connectivity index (χ1) is 14.5. The lowest BCUT2D eigenvalue weighted by Crippen LogP contribution is -2.49. The number of hydrogen-bond donors (Lipinski definition) is 1. The molecule has 0 aliphatic rings. The Morgan fingerprint density at radius 1 is 1.00 bits per heavy atom. The summed E-state index contributed by atoms with van der Waals surface area (Å²) in [5.74, 6) is 0.256. The molecule has 5 heteroatoms. The number of fused-ring (bicyclic) bond motifs is 1. The molecule has 1 atom stereocenters. The third-order valence-corrected chi connectivity index (χ3v) is 5.21. The summed E-state index contributed by atoms with van der Waals surface area (Å²) in [4.78, 5) is 27.2. The Hall–Kier alpha value is -3.34. The topological polar surface area (TPSA) is 58.6 Å². The van der Waals surface area contributed by atoms with E-state index in [-0.39, 0.29) is 18.4 Å². The van der Waals surface area contributed by atoms with Crippen LogP contribution in [0.4, 0.5) is 0 Å². The molecule has 0 saturated heterocycles. The van der Waals surface area contributed by atoms with Gasteiger partial charge in [0.2, 0.25) is 5.91 Å². The fourth-order valence-corrected chi connectivity index (χ4v) is 3.52. The molecule has 0 heterocycles. The number of benzene rings is 3. The number of carbonyl (C=O) groups excluding carboxylic acids is 2. The molecule has 0 bridgehead atoms. The highest BCUT2D eigenvalue weighted by atomic mass is 16.5. The number of ether oxygens (including phenoxy) is 1. The molecule has 0 radical (unpaired) electrons. The van der Waals surface area contributed by atoms with Gasteiger partial charge in [-0.3, -0.25) is 9.59 Å². The van der Waals surface area contributed by atoms with Crippen molar-refractivity contribution in [2.24, 2.45) is 0 Å². The second-order valence-electron chi connectivity index (χ2n) is 7.31. The molecule has 3 rings (SSSR count). The van der Waals surface area contributed by atoms with Crippen molar-refractivity contribution < 1.29 is 14.3 Å². The van der Waals surface area contributed by atoms with Gasteiger partial charge in [-0.2, -0.15) is 0 Å². The molecular weight excluding hydrogens is 376 g/mol. The molecule has 2 amide bonds. The zero-order valence-electron chi connectivity index (χ0n) is 17.7. The van der Waals surface area contributed by atoms with E-state index in [9.17, 15) is 9.59 Å². The molecule has 0 aliphatic carbocycles. The van der Waals surface area contributed by atoms with Crippen LogP contribution >= 0.6 is 0 Å². The zero-order valence-corrected chi connectivity index (χ0v) is 17.7. The van der Waals surface area contributed by atoms with Crippen molar-refractivity contribution in [1.82, 2.24) is 10.2 Å². The summed E-state index contributed by atoms with van der Waals surface area (Å²) in [6, 6.07) is 21.1. The lowest BCUT2D eigenvalue weighted by atomic mass is 10.1. The van der Waals surface area contributed by atoms with Crippen LogP contribution in [-0.2, 0) is 16.1 Å². The molecule has 30 heavy (non-hydrogen) atoms. The molecule has 0 fully saturated rings. The number of nitrogens with zero attached hydrogens (tertiary/aromatic N) is 1. The van der Waals surface area contributed by atoms with Crippen molar-refractivity contribution >= 4 is 22.6 Å². The summed E-state index contributed by atoms with van der Waals surface area (Å²) >= 11 is 0. The van der Waals surface area contributed by atoms with Gasteiger partial charge in [-0.15, -0.1) is 0 Å². The van der Waals surface area contributed by atoms with Gasteiger partial charge in [-0.05, 0) is 30.4 Å². The largest absolute Gasteiger partial charge is 0.483 e. The molecule has 156 valence electrons. The smallest absolute Gasteiger partial charge is 0.261 e. The van der Waals surface area contributed by atoms with Crippen molar-refractivity contribution in [3.05, 3.63) is 77.9 Å². The second-order valence-corrected chi connectivity index (χ2v) is 7.31. The molecule has 1 N–H and O–H groups in total. The fraction of sp³-hybridized carbons (Fsp3) is 0.280. The van der Waals surface area contributed by atoms with Gasteiger partial charge >= 0.3 is 0 Å². The first kappa shape index (κ1) is 21.4. The average molecular weight is 405 g/mol. The van der Waals surface area contributed by atoms with Crippen molar-refractivity contribution in [2.45, 2.75) is 32.9 Å². The van der Waals surface area contributed by atoms with E-state index in [0.29, 0.717) is 18.7 Å². The predicted octanol–water partition coefficient (Wildman–Crippen LogP) is 4.08. The maximum absolute atomic E-state index is 13.2. The maximum atomic E-state index is 13.2.